The Morgan fingerprint density at radius 2 is 1.70 bits per heavy atom. The minimum absolute atomic E-state index is 0.0000411. The number of methoxy groups -OCH3 is 1. The van der Waals surface area contributed by atoms with Crippen molar-refractivity contribution in [2.75, 3.05) is 51.2 Å². The largest absolute Gasteiger partial charge is 0.507 e. The lowest BCUT2D eigenvalue weighted by atomic mass is 9.52. The van der Waals surface area contributed by atoms with Gasteiger partial charge in [-0.15, -0.1) is 0 Å². The zero-order valence-corrected chi connectivity index (χ0v) is 53.1. The minimum atomic E-state index is -1.77. The molecule has 86 heavy (non-hydrogen) atoms. The maximum atomic E-state index is 17.8. The number of ether oxygens (including phenoxy) is 3. The summed E-state index contributed by atoms with van der Waals surface area (Å²) < 4.78 is 19.1. The van der Waals surface area contributed by atoms with Gasteiger partial charge >= 0.3 is 0 Å². The molecule has 16 heteroatoms. The van der Waals surface area contributed by atoms with Gasteiger partial charge < -0.3 is 55.2 Å². The highest BCUT2D eigenvalue weighted by Crippen LogP contribution is 2.59. The van der Waals surface area contributed by atoms with Gasteiger partial charge in [0.15, 0.2) is 28.8 Å². The Balaban J connectivity index is 1.06. The molecule has 0 spiro atoms. The third-order valence-corrected chi connectivity index (χ3v) is 26.1. The van der Waals surface area contributed by atoms with Gasteiger partial charge in [-0.05, 0) is 181 Å². The number of Topliss-reactive ketones (excluding diaryl/α,β-unsaturated/α-hetero) is 1. The molecule has 12 rings (SSSR count). The van der Waals surface area contributed by atoms with Crippen molar-refractivity contribution in [3.8, 4) is 28.7 Å². The number of aromatic nitrogens is 1. The van der Waals surface area contributed by atoms with E-state index < -0.39 is 46.8 Å². The zero-order chi connectivity index (χ0) is 59.9. The average molecular weight is 1240 g/mol. The summed E-state index contributed by atoms with van der Waals surface area (Å²) >= 11 is 0. The Hall–Kier alpha value is -4.75. The molecule has 2 bridgehead atoms. The van der Waals surface area contributed by atoms with Crippen molar-refractivity contribution in [1.29, 1.82) is 0 Å². The number of carbonyl (C=O) groups is 1. The Morgan fingerprint density at radius 3 is 2.49 bits per heavy atom. The summed E-state index contributed by atoms with van der Waals surface area (Å²) in [5.41, 5.74) is 6.29. The smallest absolute Gasteiger partial charge is 0.164 e. The van der Waals surface area contributed by atoms with Crippen molar-refractivity contribution >= 4 is 65.8 Å². The second-order valence-electron chi connectivity index (χ2n) is 25.1. The highest BCUT2D eigenvalue weighted by molar-refractivity contribution is 8.77. The number of phenols is 3. The first-order valence-corrected chi connectivity index (χ1v) is 36.1. The van der Waals surface area contributed by atoms with E-state index in [-0.39, 0.29) is 59.2 Å². The maximum absolute atomic E-state index is 17.8. The molecule has 3 fully saturated rings. The number of phenolic OH excluding ortho intramolecular Hbond substituents is 3. The van der Waals surface area contributed by atoms with E-state index in [0.717, 1.165) is 107 Å². The van der Waals surface area contributed by atoms with Gasteiger partial charge in [0.25, 0.3) is 0 Å². The Bertz CT molecular complexity index is 3430. The first-order valence-electron chi connectivity index (χ1n) is 31.2. The number of benzene rings is 5. The summed E-state index contributed by atoms with van der Waals surface area (Å²) in [5.74, 6) is -0.389. The molecule has 2 aliphatic heterocycles. The number of ketones is 1. The van der Waals surface area contributed by atoms with Gasteiger partial charge in [-0.25, -0.2) is 0 Å². The fourth-order valence-corrected chi connectivity index (χ4v) is 22.0. The second-order valence-corrected chi connectivity index (χ2v) is 30.3. The fraction of sp³-hybridized carbons (Fsp3) is 0.500. The molecule has 0 amide bonds. The number of hydrogen-bond donors (Lipinski definition) is 8. The number of fused-ring (bicyclic) bond motifs is 8. The highest BCUT2D eigenvalue weighted by atomic mass is 33.1. The predicted molar refractivity (Wildman–Crippen MR) is 350 cm³/mol. The van der Waals surface area contributed by atoms with Crippen LogP contribution < -0.4 is 14.8 Å². The summed E-state index contributed by atoms with van der Waals surface area (Å²) in [6.07, 6.45) is 13.8. The predicted octanol–water partition coefficient (Wildman–Crippen LogP) is 13.2. The van der Waals surface area contributed by atoms with E-state index >= 15 is 4.79 Å². The van der Waals surface area contributed by atoms with Gasteiger partial charge in [-0.2, -0.15) is 0 Å². The van der Waals surface area contributed by atoms with E-state index in [4.69, 9.17) is 14.2 Å². The maximum Gasteiger partial charge on any atom is 0.164 e. The van der Waals surface area contributed by atoms with Gasteiger partial charge in [0.2, 0.25) is 0 Å². The van der Waals surface area contributed by atoms with Crippen LogP contribution in [0.4, 0.5) is 0 Å². The van der Waals surface area contributed by atoms with Gasteiger partial charge in [-0.1, -0.05) is 124 Å². The molecule has 6 aliphatic rings. The fourth-order valence-electron chi connectivity index (χ4n) is 16.3. The van der Waals surface area contributed by atoms with E-state index in [1.165, 1.54) is 0 Å². The van der Waals surface area contributed by atoms with Crippen LogP contribution in [0.5, 0.6) is 28.7 Å². The Kier molecular flexibility index (Phi) is 18.9. The molecule has 1 aromatic heterocycles. The molecule has 3 saturated carbocycles. The highest BCUT2D eigenvalue weighted by Gasteiger charge is 2.62. The number of aliphatic hydroxyl groups excluding tert-OH is 3. The van der Waals surface area contributed by atoms with E-state index in [0.29, 0.717) is 78.1 Å². The van der Waals surface area contributed by atoms with Crippen molar-refractivity contribution in [2.45, 2.75) is 131 Å². The molecule has 8 N–H and O–H groups in total. The number of rotatable bonds is 11. The van der Waals surface area contributed by atoms with Crippen molar-refractivity contribution in [1.82, 2.24) is 10.3 Å². The van der Waals surface area contributed by atoms with E-state index in [2.05, 4.69) is 53.6 Å². The van der Waals surface area contributed by atoms with E-state index in [1.807, 2.05) is 62.8 Å². The van der Waals surface area contributed by atoms with Crippen LogP contribution in [-0.2, 0) is 46.2 Å². The van der Waals surface area contributed by atoms with Gasteiger partial charge in [0.1, 0.15) is 11.9 Å². The lowest BCUT2D eigenvalue weighted by Crippen LogP contribution is -2.62. The first kappa shape index (κ1) is 61.5. The van der Waals surface area contributed by atoms with Crippen LogP contribution >= 0.6 is 43.2 Å². The molecule has 4 aliphatic carbocycles. The zero-order valence-electron chi connectivity index (χ0n) is 49.8. The molecule has 0 saturated heterocycles. The second kappa shape index (κ2) is 26.4. The summed E-state index contributed by atoms with van der Waals surface area (Å²) in [7, 11) is 10.1. The van der Waals surface area contributed by atoms with Crippen LogP contribution in [0.25, 0.3) is 16.8 Å². The molecule has 3 heterocycles. The molecule has 13 unspecified atom stereocenters. The van der Waals surface area contributed by atoms with Crippen LogP contribution in [0.3, 0.4) is 0 Å². The van der Waals surface area contributed by atoms with Crippen molar-refractivity contribution in [3.05, 3.63) is 153 Å². The number of aromatic hydroxyl groups is 3. The number of carbonyl (C=O) groups excluding carboxylic acids is 1. The van der Waals surface area contributed by atoms with E-state index in [9.17, 15) is 30.6 Å². The third-order valence-electron chi connectivity index (χ3n) is 20.7. The molecule has 5 aromatic carbocycles. The molecule has 6 aromatic rings. The van der Waals surface area contributed by atoms with Crippen LogP contribution in [0.1, 0.15) is 132 Å². The van der Waals surface area contributed by atoms with Gasteiger partial charge in [0.05, 0.1) is 42.1 Å². The lowest BCUT2D eigenvalue weighted by Gasteiger charge is -2.53. The summed E-state index contributed by atoms with van der Waals surface area (Å²) in [5, 5.41) is 81.3. The molecular formula is C70H84N2O10S4. The number of nitrogens with one attached hydrogen (secondary N) is 2. The normalized spacial score (nSPS) is 30.5. The quantitative estimate of drug-likeness (QED) is 0.0571. The van der Waals surface area contributed by atoms with Gasteiger partial charge in [-0.3, -0.25) is 4.79 Å². The van der Waals surface area contributed by atoms with Crippen LogP contribution in [-0.4, -0.2) is 111 Å². The van der Waals surface area contributed by atoms with Crippen molar-refractivity contribution in [3.63, 3.8) is 0 Å². The van der Waals surface area contributed by atoms with E-state index in [1.54, 1.807) is 68.5 Å². The van der Waals surface area contributed by atoms with Crippen LogP contribution in [0.15, 0.2) is 97.3 Å². The van der Waals surface area contributed by atoms with Crippen LogP contribution in [0, 0.1) is 35.5 Å². The SMILES string of the molecule is CCOCC1CCC2CSSCC(C3(c4cc(O)c5c(c4)C4(NC)CCCCC4C=C5)C(=O)C4C(CSSC(CO)c5cccc6ccc(CC)c(c56)Cc5c(ccc(O)c5OC)CC(Cc5cc[nH]c5)C4O)CC3O)c3ccc(O)c(c3)OC2C1. The van der Waals surface area contributed by atoms with Crippen LogP contribution in [0.2, 0.25) is 0 Å². The number of hydrogen-bond acceptors (Lipinski definition) is 15. The first-order chi connectivity index (χ1) is 41.8. The number of H-pyrrole nitrogens is 1. The average Bonchev–Trinajstić information content (AvgIpc) is 0.763. The topological polar surface area (TPSA) is 194 Å². The van der Waals surface area contributed by atoms with Gasteiger partial charge in [0, 0.05) is 78.2 Å². The van der Waals surface area contributed by atoms with Crippen molar-refractivity contribution in [2.24, 2.45) is 35.5 Å². The summed E-state index contributed by atoms with van der Waals surface area (Å²) in [6.45, 7) is 5.28. The van der Waals surface area contributed by atoms with Crippen molar-refractivity contribution < 1.29 is 49.6 Å². The molecule has 12 nitrogen and oxygen atoms in total. The summed E-state index contributed by atoms with van der Waals surface area (Å²) in [4.78, 5) is 21.0. The molecule has 13 atom stereocenters. The number of aryl methyl sites for hydroxylation is 1. The standard InChI is InChI=1S/C70H84N2O10S4/c1-5-42-15-16-43-10-9-12-52-62(35-73)86-85-38-48-30-63(77)70(50-31-55-51(59(76)32-50)20-19-49-11-7-8-24-69(49,55)71-3,56-39-84-83-37-46-14-13-41(36-81-6-2)27-60(46)82-61-29-45(56)18-21-57(61)74)68(79)65(48)66(78)47(26-40-23-25-72-34-40)28-44-17-22-58(75)67(80-4)54(44)33-53(42)64(43)52/h9-10,12,15-23,25,29,31-32,34,41,46-49,56,60,62-63,65-66,71-78H,5-8,11,13-14,24,26-28,30,33,35-39H2,1-4H3. The Morgan fingerprint density at radius 1 is 0.860 bits per heavy atom. The molecule has 0 radical (unpaired) electrons. The summed E-state index contributed by atoms with van der Waals surface area (Å²) in [6, 6.07) is 25.5. The monoisotopic (exact) mass is 1240 g/mol. The number of aliphatic hydroxyl groups is 3. The molecular weight excluding hydrogens is 1160 g/mol. The molecule has 458 valence electrons. The minimum Gasteiger partial charge on any atom is -0.507 e. The Labute approximate surface area is 522 Å². The number of aromatic amines is 1. The lowest BCUT2D eigenvalue weighted by molar-refractivity contribution is -0.150. The third kappa shape index (κ3) is 11.3.